The summed E-state index contributed by atoms with van der Waals surface area (Å²) < 4.78 is 11.3. The van der Waals surface area contributed by atoms with Gasteiger partial charge in [-0.15, -0.1) is 0 Å². The molecule has 2 aromatic carbocycles. The number of carbonyl (C=O) groups excluding carboxylic acids is 1. The lowest BCUT2D eigenvalue weighted by Gasteiger charge is -2.24. The molecule has 0 unspecified atom stereocenters. The summed E-state index contributed by atoms with van der Waals surface area (Å²) in [4.78, 5) is 21.4. The summed E-state index contributed by atoms with van der Waals surface area (Å²) in [7, 11) is 2.02. The van der Waals surface area contributed by atoms with Gasteiger partial charge in [-0.1, -0.05) is 30.3 Å². The fourth-order valence-corrected chi connectivity index (χ4v) is 4.09. The lowest BCUT2D eigenvalue weighted by Crippen LogP contribution is -2.38. The molecular weight excluding hydrogens is 404 g/mol. The molecule has 1 amide bonds. The Kier molecular flexibility index (Phi) is 7.14. The monoisotopic (exact) mass is 436 g/mol. The van der Waals surface area contributed by atoms with Gasteiger partial charge in [0.2, 0.25) is 5.91 Å². The van der Waals surface area contributed by atoms with Crippen LogP contribution in [0.5, 0.6) is 11.5 Å². The van der Waals surface area contributed by atoms with Crippen molar-refractivity contribution in [2.24, 2.45) is 4.99 Å². The second-order valence-electron chi connectivity index (χ2n) is 8.19. The first-order valence-electron chi connectivity index (χ1n) is 11.4. The number of hydrogen-bond acceptors (Lipinski definition) is 4. The lowest BCUT2D eigenvalue weighted by molar-refractivity contribution is -0.131. The van der Waals surface area contributed by atoms with Crippen LogP contribution < -0.4 is 14.8 Å². The Morgan fingerprint density at radius 3 is 2.53 bits per heavy atom. The maximum absolute atomic E-state index is 12.6. The van der Waals surface area contributed by atoms with Crippen LogP contribution in [0, 0.1) is 0 Å². The minimum absolute atomic E-state index is 0.200. The van der Waals surface area contributed by atoms with E-state index in [0.29, 0.717) is 32.7 Å². The predicted octanol–water partition coefficient (Wildman–Crippen LogP) is 3.18. The van der Waals surface area contributed by atoms with E-state index in [4.69, 9.17) is 14.5 Å². The van der Waals surface area contributed by atoms with Gasteiger partial charge in [0.05, 0.1) is 0 Å². The van der Waals surface area contributed by atoms with Crippen LogP contribution in [0.4, 0.5) is 0 Å². The zero-order valence-corrected chi connectivity index (χ0v) is 19.0. The Bertz CT molecular complexity index is 950. The molecular formula is C25H32N4O3. The van der Waals surface area contributed by atoms with E-state index in [2.05, 4.69) is 35.3 Å². The van der Waals surface area contributed by atoms with Crippen LogP contribution in [0.3, 0.4) is 0 Å². The first-order chi connectivity index (χ1) is 15.6. The maximum atomic E-state index is 12.6. The molecule has 170 valence electrons. The SMILES string of the molecule is CCNC(=NCCCC(=O)N1Cc2ccccc2C1)N(C)Cc1ccc2c(c1)OCCO2. The Morgan fingerprint density at radius 1 is 1.09 bits per heavy atom. The van der Waals surface area contributed by atoms with Gasteiger partial charge in [-0.3, -0.25) is 9.79 Å². The fourth-order valence-electron chi connectivity index (χ4n) is 4.09. The van der Waals surface area contributed by atoms with Crippen molar-refractivity contribution in [1.29, 1.82) is 0 Å². The van der Waals surface area contributed by atoms with Gasteiger partial charge in [0.1, 0.15) is 13.2 Å². The third-order valence-electron chi connectivity index (χ3n) is 5.73. The molecule has 2 aliphatic rings. The van der Waals surface area contributed by atoms with Crippen LogP contribution in [-0.4, -0.2) is 55.0 Å². The highest BCUT2D eigenvalue weighted by molar-refractivity contribution is 5.80. The molecule has 2 aromatic rings. The zero-order valence-electron chi connectivity index (χ0n) is 19.0. The first kappa shape index (κ1) is 22.0. The van der Waals surface area contributed by atoms with Gasteiger partial charge in [-0.25, -0.2) is 0 Å². The van der Waals surface area contributed by atoms with E-state index in [1.54, 1.807) is 0 Å². The summed E-state index contributed by atoms with van der Waals surface area (Å²) in [6, 6.07) is 14.3. The van der Waals surface area contributed by atoms with E-state index in [1.807, 2.05) is 36.2 Å². The number of hydrogen-bond donors (Lipinski definition) is 1. The summed E-state index contributed by atoms with van der Waals surface area (Å²) in [5.41, 5.74) is 3.65. The zero-order chi connectivity index (χ0) is 22.3. The van der Waals surface area contributed by atoms with Crippen LogP contribution >= 0.6 is 0 Å². The largest absolute Gasteiger partial charge is 0.486 e. The van der Waals surface area contributed by atoms with Gasteiger partial charge in [-0.05, 0) is 42.2 Å². The average Bonchev–Trinajstić information content (AvgIpc) is 3.25. The number of aliphatic imine (C=N–C) groups is 1. The van der Waals surface area contributed by atoms with Crippen molar-refractivity contribution >= 4 is 11.9 Å². The summed E-state index contributed by atoms with van der Waals surface area (Å²) >= 11 is 0. The number of benzene rings is 2. The molecule has 0 radical (unpaired) electrons. The molecule has 0 spiro atoms. The smallest absolute Gasteiger partial charge is 0.223 e. The van der Waals surface area contributed by atoms with Crippen molar-refractivity contribution in [1.82, 2.24) is 15.1 Å². The Morgan fingerprint density at radius 2 is 1.81 bits per heavy atom. The number of nitrogens with zero attached hydrogens (tertiary/aromatic N) is 3. The molecule has 2 heterocycles. The van der Waals surface area contributed by atoms with Crippen LogP contribution in [0.1, 0.15) is 36.5 Å². The topological polar surface area (TPSA) is 66.4 Å². The van der Waals surface area contributed by atoms with E-state index in [-0.39, 0.29) is 5.91 Å². The Balaban J connectivity index is 1.27. The number of carbonyl (C=O) groups is 1. The van der Waals surface area contributed by atoms with E-state index in [9.17, 15) is 4.79 Å². The summed E-state index contributed by atoms with van der Waals surface area (Å²) in [6.07, 6.45) is 1.25. The van der Waals surface area contributed by atoms with Crippen molar-refractivity contribution in [2.75, 3.05) is 33.4 Å². The van der Waals surface area contributed by atoms with Gasteiger partial charge in [0, 0.05) is 46.2 Å². The van der Waals surface area contributed by atoms with Crippen molar-refractivity contribution in [2.45, 2.75) is 39.4 Å². The molecule has 0 bridgehead atoms. The highest BCUT2D eigenvalue weighted by Gasteiger charge is 2.22. The number of ether oxygens (including phenoxy) is 2. The van der Waals surface area contributed by atoms with E-state index < -0.39 is 0 Å². The molecule has 0 fully saturated rings. The standard InChI is InChI=1S/C25H32N4O3/c1-3-26-25(28(2)16-19-10-11-22-23(15-19)32-14-13-31-22)27-12-6-9-24(30)29-17-20-7-4-5-8-21(20)18-29/h4-5,7-8,10-11,15H,3,6,9,12-14,16-18H2,1-2H3,(H,26,27). The van der Waals surface area contributed by atoms with Crippen molar-refractivity contribution in [3.8, 4) is 11.5 Å². The number of fused-ring (bicyclic) bond motifs is 2. The molecule has 4 rings (SSSR count). The number of nitrogens with one attached hydrogen (secondary N) is 1. The molecule has 0 saturated heterocycles. The maximum Gasteiger partial charge on any atom is 0.223 e. The van der Waals surface area contributed by atoms with Crippen LogP contribution in [-0.2, 0) is 24.4 Å². The first-order valence-corrected chi connectivity index (χ1v) is 11.4. The minimum Gasteiger partial charge on any atom is -0.486 e. The second kappa shape index (κ2) is 10.4. The van der Waals surface area contributed by atoms with Crippen LogP contribution in [0.25, 0.3) is 0 Å². The Hall–Kier alpha value is -3.22. The highest BCUT2D eigenvalue weighted by Crippen LogP contribution is 2.31. The van der Waals surface area contributed by atoms with Crippen LogP contribution in [0.2, 0.25) is 0 Å². The third kappa shape index (κ3) is 5.33. The van der Waals surface area contributed by atoms with Gasteiger partial charge >= 0.3 is 0 Å². The van der Waals surface area contributed by atoms with Crippen LogP contribution in [0.15, 0.2) is 47.5 Å². The summed E-state index contributed by atoms with van der Waals surface area (Å²) in [5, 5.41) is 3.34. The molecule has 0 aromatic heterocycles. The molecule has 1 N–H and O–H groups in total. The molecule has 7 nitrogen and oxygen atoms in total. The predicted molar refractivity (Wildman–Crippen MR) is 125 cm³/mol. The van der Waals surface area contributed by atoms with Crippen molar-refractivity contribution in [3.05, 3.63) is 59.2 Å². The van der Waals surface area contributed by atoms with Gasteiger partial charge in [-0.2, -0.15) is 0 Å². The van der Waals surface area contributed by atoms with Gasteiger partial charge < -0.3 is 24.6 Å². The molecule has 0 atom stereocenters. The summed E-state index contributed by atoms with van der Waals surface area (Å²) in [6.45, 7) is 6.78. The lowest BCUT2D eigenvalue weighted by atomic mass is 10.1. The van der Waals surface area contributed by atoms with Gasteiger partial charge in [0.15, 0.2) is 17.5 Å². The normalized spacial score (nSPS) is 14.8. The van der Waals surface area contributed by atoms with E-state index in [0.717, 1.165) is 49.1 Å². The molecule has 0 saturated carbocycles. The second-order valence-corrected chi connectivity index (χ2v) is 8.19. The average molecular weight is 437 g/mol. The Labute approximate surface area is 190 Å². The highest BCUT2D eigenvalue weighted by atomic mass is 16.6. The number of amides is 1. The van der Waals surface area contributed by atoms with Gasteiger partial charge in [0.25, 0.3) is 0 Å². The van der Waals surface area contributed by atoms with E-state index in [1.165, 1.54) is 11.1 Å². The molecule has 2 aliphatic heterocycles. The molecule has 7 heteroatoms. The number of guanidine groups is 1. The van der Waals surface area contributed by atoms with Crippen molar-refractivity contribution in [3.63, 3.8) is 0 Å². The quantitative estimate of drug-likeness (QED) is 0.410. The molecule has 0 aliphatic carbocycles. The van der Waals surface area contributed by atoms with Crippen molar-refractivity contribution < 1.29 is 14.3 Å². The fraction of sp³-hybridized carbons (Fsp3) is 0.440. The number of rotatable bonds is 7. The van der Waals surface area contributed by atoms with E-state index >= 15 is 0 Å². The molecule has 32 heavy (non-hydrogen) atoms. The minimum atomic E-state index is 0.200. The third-order valence-corrected chi connectivity index (χ3v) is 5.73. The summed E-state index contributed by atoms with van der Waals surface area (Å²) in [5.74, 6) is 2.63.